The second kappa shape index (κ2) is 8.99. The Bertz CT molecular complexity index is 1350. The van der Waals surface area contributed by atoms with Gasteiger partial charge in [0.1, 0.15) is 5.75 Å². The Kier molecular flexibility index (Phi) is 6.09. The molecule has 3 aliphatic rings. The van der Waals surface area contributed by atoms with E-state index in [0.29, 0.717) is 18.0 Å². The number of hydrogen-bond donors (Lipinski definition) is 0. The summed E-state index contributed by atoms with van der Waals surface area (Å²) in [4.78, 5) is 25.6. The van der Waals surface area contributed by atoms with E-state index >= 15 is 0 Å². The fourth-order valence-electron chi connectivity index (χ4n) is 6.72. The highest BCUT2D eigenvalue weighted by molar-refractivity contribution is 6.00. The van der Waals surface area contributed by atoms with Crippen LogP contribution in [0.2, 0.25) is 0 Å². The highest BCUT2D eigenvalue weighted by Crippen LogP contribution is 2.65. The van der Waals surface area contributed by atoms with Crippen LogP contribution < -0.4 is 4.74 Å². The highest BCUT2D eigenvalue weighted by Gasteiger charge is 2.63. The minimum Gasteiger partial charge on any atom is -0.497 e. The molecule has 2 saturated carbocycles. The number of ether oxygens (including phenoxy) is 3. The lowest BCUT2D eigenvalue weighted by molar-refractivity contribution is -0.147. The summed E-state index contributed by atoms with van der Waals surface area (Å²) in [6.45, 7) is 0.532. The monoisotopic (exact) mass is 489 g/mol. The van der Waals surface area contributed by atoms with Crippen LogP contribution in [-0.2, 0) is 20.8 Å². The number of hydrogen-bond acceptors (Lipinski definition) is 5. The third kappa shape index (κ3) is 3.45. The largest absolute Gasteiger partial charge is 0.497 e. The molecule has 6 heteroatoms. The molecule has 2 atom stereocenters. The molecule has 2 aliphatic carbocycles. The molecule has 0 saturated heterocycles. The quantitative estimate of drug-likeness (QED) is 0.394. The molecule has 36 heavy (non-hydrogen) atoms. The molecule has 0 radical (unpaired) electrons. The summed E-state index contributed by atoms with van der Waals surface area (Å²) in [6.07, 6.45) is 6.78. The maximum atomic E-state index is 13.2. The summed E-state index contributed by atoms with van der Waals surface area (Å²) in [6, 6.07) is 12.1. The predicted octanol–water partition coefficient (Wildman–Crippen LogP) is 6.45. The van der Waals surface area contributed by atoms with Crippen LogP contribution in [0.25, 0.3) is 22.2 Å². The van der Waals surface area contributed by atoms with Crippen molar-refractivity contribution in [2.24, 2.45) is 5.41 Å². The maximum absolute atomic E-state index is 13.2. The Morgan fingerprint density at radius 3 is 2.44 bits per heavy atom. The number of esters is 2. The average Bonchev–Trinajstić information content (AvgIpc) is 3.58. The van der Waals surface area contributed by atoms with Crippen molar-refractivity contribution in [1.82, 2.24) is 4.57 Å². The van der Waals surface area contributed by atoms with Crippen LogP contribution >= 0.6 is 0 Å². The van der Waals surface area contributed by atoms with E-state index in [1.54, 1.807) is 7.11 Å². The number of aromatic nitrogens is 1. The lowest BCUT2D eigenvalue weighted by Crippen LogP contribution is -2.24. The van der Waals surface area contributed by atoms with Crippen LogP contribution in [0.5, 0.6) is 5.75 Å². The van der Waals surface area contributed by atoms with Crippen molar-refractivity contribution in [2.75, 3.05) is 21.3 Å². The molecule has 0 spiro atoms. The van der Waals surface area contributed by atoms with Crippen LogP contribution in [0.15, 0.2) is 36.4 Å². The topological polar surface area (TPSA) is 66.8 Å². The zero-order chi connectivity index (χ0) is 24.3. The van der Waals surface area contributed by atoms with Crippen molar-refractivity contribution >= 4 is 22.8 Å². The van der Waals surface area contributed by atoms with Crippen LogP contribution in [-0.4, -0.2) is 37.8 Å². The number of rotatable bonds is 4. The van der Waals surface area contributed by atoms with Gasteiger partial charge in [0.05, 0.1) is 38.0 Å². The first kappa shape index (κ1) is 24.4. The van der Waals surface area contributed by atoms with E-state index in [1.165, 1.54) is 50.1 Å². The minimum atomic E-state index is -0.613. The number of nitrogens with zero attached hydrogens (tertiary/aromatic N) is 1. The van der Waals surface area contributed by atoms with Crippen molar-refractivity contribution in [1.29, 1.82) is 0 Å². The number of methoxy groups -OCH3 is 3. The van der Waals surface area contributed by atoms with Crippen molar-refractivity contribution in [3.8, 4) is 17.0 Å². The molecular formula is C30H35NO5. The van der Waals surface area contributed by atoms with Crippen molar-refractivity contribution in [2.45, 2.75) is 64.3 Å². The second-order valence-corrected chi connectivity index (χ2v) is 10.3. The van der Waals surface area contributed by atoms with Crippen LogP contribution in [0.1, 0.15) is 79.3 Å². The molecule has 3 aromatic rings. The zero-order valence-corrected chi connectivity index (χ0v) is 20.6. The van der Waals surface area contributed by atoms with Gasteiger partial charge in [-0.3, -0.25) is 4.79 Å². The molecule has 0 amide bonds. The van der Waals surface area contributed by atoms with Crippen molar-refractivity contribution in [3.05, 3.63) is 53.1 Å². The van der Waals surface area contributed by atoms with Gasteiger partial charge in [0.25, 0.3) is 0 Å². The van der Waals surface area contributed by atoms with Gasteiger partial charge in [-0.15, -0.1) is 0 Å². The highest BCUT2D eigenvalue weighted by atomic mass is 16.5. The number of benzene rings is 2. The number of carbonyl (C=O) groups excluding carboxylic acids is 2. The molecule has 1 aromatic heterocycles. The van der Waals surface area contributed by atoms with E-state index in [9.17, 15) is 9.59 Å². The number of carbonyl (C=O) groups is 2. The first-order valence-electron chi connectivity index (χ1n) is 12.5. The lowest BCUT2D eigenvalue weighted by atomic mass is 9.81. The standard InChI is InChI=1S/C29H31NO5.CH4/c1-33-19-10-12-20-22(14-19)23-15-29(23,28(32)35-3)16-30-24-13-18(27(31)34-2)9-11-21(24)25(26(20)30)17-7-5-4-6-8-17;/h9-14,17,23H,4-8,15-16H2,1-3H3;1H4/t23-,29-;/m0./s1. The van der Waals surface area contributed by atoms with E-state index in [4.69, 9.17) is 14.2 Å². The predicted molar refractivity (Wildman–Crippen MR) is 140 cm³/mol. The molecule has 1 aliphatic heterocycles. The molecule has 0 unspecified atom stereocenters. The summed E-state index contributed by atoms with van der Waals surface area (Å²) in [5, 5.41) is 1.17. The Labute approximate surface area is 212 Å². The third-order valence-electron chi connectivity index (χ3n) is 8.53. The first-order chi connectivity index (χ1) is 17.0. The molecule has 190 valence electrons. The summed E-state index contributed by atoms with van der Waals surface area (Å²) in [5.74, 6) is 0.802. The van der Waals surface area contributed by atoms with Gasteiger partial charge in [-0.2, -0.15) is 0 Å². The fourth-order valence-corrected chi connectivity index (χ4v) is 6.72. The van der Waals surface area contributed by atoms with Gasteiger partial charge in [0.15, 0.2) is 0 Å². The van der Waals surface area contributed by atoms with Gasteiger partial charge in [-0.25, -0.2) is 4.79 Å². The lowest BCUT2D eigenvalue weighted by Gasteiger charge is -2.24. The number of fused-ring (bicyclic) bond motifs is 7. The van der Waals surface area contributed by atoms with Crippen LogP contribution in [0.3, 0.4) is 0 Å². The van der Waals surface area contributed by atoms with Crippen LogP contribution in [0, 0.1) is 5.41 Å². The average molecular weight is 490 g/mol. The first-order valence-corrected chi connectivity index (χ1v) is 12.5. The van der Waals surface area contributed by atoms with E-state index in [2.05, 4.69) is 22.8 Å². The SMILES string of the molecule is C.COC(=O)c1ccc2c(C3CCCCC3)c3n(c2c1)C[C@@]1(C(=O)OC)C[C@H]1c1cc(OC)ccc1-3. The third-order valence-corrected chi connectivity index (χ3v) is 8.53. The van der Waals surface area contributed by atoms with Crippen molar-refractivity contribution < 1.29 is 23.8 Å². The van der Waals surface area contributed by atoms with Crippen molar-refractivity contribution in [3.63, 3.8) is 0 Å². The Hall–Kier alpha value is -3.28. The molecule has 6 nitrogen and oxygen atoms in total. The van der Waals surface area contributed by atoms with E-state index in [0.717, 1.165) is 41.7 Å². The molecule has 6 rings (SSSR count). The molecule has 2 aromatic carbocycles. The maximum Gasteiger partial charge on any atom is 0.337 e. The fraction of sp³-hybridized carbons (Fsp3) is 0.467. The Morgan fingerprint density at radius 1 is 0.972 bits per heavy atom. The van der Waals surface area contributed by atoms with E-state index in [1.807, 2.05) is 18.2 Å². The molecule has 0 N–H and O–H groups in total. The van der Waals surface area contributed by atoms with Crippen LogP contribution in [0.4, 0.5) is 0 Å². The van der Waals surface area contributed by atoms with Gasteiger partial charge >= 0.3 is 11.9 Å². The van der Waals surface area contributed by atoms with E-state index in [-0.39, 0.29) is 25.3 Å². The molecule has 2 heterocycles. The smallest absolute Gasteiger partial charge is 0.337 e. The molecule has 0 bridgehead atoms. The summed E-state index contributed by atoms with van der Waals surface area (Å²) < 4.78 is 18.2. The summed E-state index contributed by atoms with van der Waals surface area (Å²) in [5.41, 5.74) is 5.75. The normalized spacial score (nSPS) is 22.4. The molecular weight excluding hydrogens is 454 g/mol. The Balaban J connectivity index is 0.00000267. The van der Waals surface area contributed by atoms with Gasteiger partial charge < -0.3 is 18.8 Å². The summed E-state index contributed by atoms with van der Waals surface area (Å²) in [7, 11) is 4.56. The van der Waals surface area contributed by atoms with Gasteiger partial charge in [-0.05, 0) is 66.6 Å². The Morgan fingerprint density at radius 2 is 1.75 bits per heavy atom. The zero-order valence-electron chi connectivity index (χ0n) is 20.6. The minimum absolute atomic E-state index is 0. The van der Waals surface area contributed by atoms with Gasteiger partial charge in [-0.1, -0.05) is 32.8 Å². The van der Waals surface area contributed by atoms with E-state index < -0.39 is 5.41 Å². The molecule has 2 fully saturated rings. The van der Waals surface area contributed by atoms with Gasteiger partial charge in [0.2, 0.25) is 0 Å². The summed E-state index contributed by atoms with van der Waals surface area (Å²) >= 11 is 0. The van der Waals surface area contributed by atoms with Gasteiger partial charge in [0, 0.05) is 28.9 Å². The second-order valence-electron chi connectivity index (χ2n) is 10.3.